The SMILES string of the molecule is COC(=O)C1CCC(CNc2nc(N(C)CCN(C)C)ccc2[N+](=O)[O-])CC1. The van der Waals surface area contributed by atoms with E-state index < -0.39 is 4.92 Å². The third kappa shape index (κ3) is 6.05. The maximum absolute atomic E-state index is 11.6. The molecular formula is C19H31N5O4. The quantitative estimate of drug-likeness (QED) is 0.388. The summed E-state index contributed by atoms with van der Waals surface area (Å²) in [6.45, 7) is 2.24. The zero-order valence-electron chi connectivity index (χ0n) is 17.2. The summed E-state index contributed by atoms with van der Waals surface area (Å²) >= 11 is 0. The first kappa shape index (κ1) is 21.9. The molecule has 2 rings (SSSR count). The van der Waals surface area contributed by atoms with Gasteiger partial charge in [0.05, 0.1) is 18.0 Å². The molecule has 0 amide bonds. The van der Waals surface area contributed by atoms with Gasteiger partial charge >= 0.3 is 11.7 Å². The smallest absolute Gasteiger partial charge is 0.311 e. The van der Waals surface area contributed by atoms with Crippen molar-refractivity contribution in [2.24, 2.45) is 11.8 Å². The van der Waals surface area contributed by atoms with Crippen molar-refractivity contribution in [1.82, 2.24) is 9.88 Å². The predicted molar refractivity (Wildman–Crippen MR) is 109 cm³/mol. The highest BCUT2D eigenvalue weighted by atomic mass is 16.6. The van der Waals surface area contributed by atoms with Gasteiger partial charge in [-0.15, -0.1) is 0 Å². The second-order valence-corrected chi connectivity index (χ2v) is 7.64. The van der Waals surface area contributed by atoms with Gasteiger partial charge in [-0.25, -0.2) is 4.98 Å². The first-order valence-electron chi connectivity index (χ1n) is 9.64. The van der Waals surface area contributed by atoms with Crippen molar-refractivity contribution in [3.63, 3.8) is 0 Å². The highest BCUT2D eigenvalue weighted by Gasteiger charge is 2.27. The van der Waals surface area contributed by atoms with Gasteiger partial charge in [0.2, 0.25) is 5.82 Å². The molecule has 9 nitrogen and oxygen atoms in total. The maximum Gasteiger partial charge on any atom is 0.311 e. The number of anilines is 2. The van der Waals surface area contributed by atoms with Gasteiger partial charge in [0.25, 0.3) is 0 Å². The largest absolute Gasteiger partial charge is 0.469 e. The third-order valence-electron chi connectivity index (χ3n) is 5.27. The number of nitrogens with zero attached hydrogens (tertiary/aromatic N) is 4. The van der Waals surface area contributed by atoms with E-state index in [1.54, 1.807) is 6.07 Å². The van der Waals surface area contributed by atoms with E-state index >= 15 is 0 Å². The molecule has 0 bridgehead atoms. The molecule has 28 heavy (non-hydrogen) atoms. The van der Waals surface area contributed by atoms with E-state index in [1.165, 1.54) is 13.2 Å². The normalized spacial score (nSPS) is 19.3. The molecule has 1 N–H and O–H groups in total. The summed E-state index contributed by atoms with van der Waals surface area (Å²) in [5.74, 6) is 1.19. The second-order valence-electron chi connectivity index (χ2n) is 7.64. The van der Waals surface area contributed by atoms with Crippen molar-refractivity contribution in [2.45, 2.75) is 25.7 Å². The number of ether oxygens (including phenoxy) is 1. The number of hydrogen-bond acceptors (Lipinski definition) is 8. The molecule has 0 saturated heterocycles. The Hall–Kier alpha value is -2.42. The molecule has 1 saturated carbocycles. The molecule has 0 aromatic carbocycles. The van der Waals surface area contributed by atoms with Crippen LogP contribution in [0.1, 0.15) is 25.7 Å². The second kappa shape index (κ2) is 10.2. The van der Waals surface area contributed by atoms with Crippen LogP contribution >= 0.6 is 0 Å². The number of hydrogen-bond donors (Lipinski definition) is 1. The molecule has 1 aromatic heterocycles. The summed E-state index contributed by atoms with van der Waals surface area (Å²) in [5.41, 5.74) is -0.0204. The molecule has 0 spiro atoms. The Morgan fingerprint density at radius 3 is 2.50 bits per heavy atom. The topological polar surface area (TPSA) is 101 Å². The summed E-state index contributed by atoms with van der Waals surface area (Å²) in [6.07, 6.45) is 3.37. The summed E-state index contributed by atoms with van der Waals surface area (Å²) in [7, 11) is 7.34. The van der Waals surface area contributed by atoms with Crippen molar-refractivity contribution in [3.8, 4) is 0 Å². The lowest BCUT2D eigenvalue weighted by Gasteiger charge is -2.27. The molecule has 1 heterocycles. The average molecular weight is 393 g/mol. The minimum Gasteiger partial charge on any atom is -0.469 e. The van der Waals surface area contributed by atoms with Crippen LogP contribution in [0.4, 0.5) is 17.3 Å². The van der Waals surface area contributed by atoms with E-state index in [2.05, 4.69) is 15.2 Å². The Labute approximate surface area is 166 Å². The molecule has 0 aliphatic heterocycles. The maximum atomic E-state index is 11.6. The van der Waals surface area contributed by atoms with Crippen LogP contribution in [-0.4, -0.2) is 68.7 Å². The molecule has 0 unspecified atom stereocenters. The van der Waals surface area contributed by atoms with Crippen LogP contribution in [0.2, 0.25) is 0 Å². The predicted octanol–water partition coefficient (Wildman–Crippen LogP) is 2.38. The lowest BCUT2D eigenvalue weighted by Crippen LogP contribution is -2.29. The minimum atomic E-state index is -0.410. The van der Waals surface area contributed by atoms with Gasteiger partial charge in [-0.1, -0.05) is 0 Å². The van der Waals surface area contributed by atoms with Gasteiger partial charge < -0.3 is 19.9 Å². The van der Waals surface area contributed by atoms with Crippen LogP contribution in [-0.2, 0) is 9.53 Å². The molecule has 1 aromatic rings. The Kier molecular flexibility index (Phi) is 7.98. The number of pyridine rings is 1. The van der Waals surface area contributed by atoms with Crippen molar-refractivity contribution in [3.05, 3.63) is 22.2 Å². The van der Waals surface area contributed by atoms with E-state index in [9.17, 15) is 14.9 Å². The Balaban J connectivity index is 2.00. The molecule has 0 radical (unpaired) electrons. The summed E-state index contributed by atoms with van der Waals surface area (Å²) in [5, 5.41) is 14.6. The van der Waals surface area contributed by atoms with Gasteiger partial charge in [-0.2, -0.15) is 0 Å². The van der Waals surface area contributed by atoms with Crippen LogP contribution in [0, 0.1) is 22.0 Å². The molecule has 156 valence electrons. The minimum absolute atomic E-state index is 0.0204. The summed E-state index contributed by atoms with van der Waals surface area (Å²) in [4.78, 5) is 31.2. The van der Waals surface area contributed by atoms with Crippen molar-refractivity contribution >= 4 is 23.3 Å². The van der Waals surface area contributed by atoms with Gasteiger partial charge in [0.15, 0.2) is 0 Å². The van der Waals surface area contributed by atoms with E-state index in [1.807, 2.05) is 26.0 Å². The van der Waals surface area contributed by atoms with E-state index in [0.717, 1.165) is 38.8 Å². The molecule has 1 aliphatic carbocycles. The monoisotopic (exact) mass is 393 g/mol. The van der Waals surface area contributed by atoms with E-state index in [0.29, 0.717) is 24.1 Å². The fraction of sp³-hybridized carbons (Fsp3) is 0.684. The Morgan fingerprint density at radius 1 is 1.25 bits per heavy atom. The van der Waals surface area contributed by atoms with Crippen molar-refractivity contribution in [2.75, 3.05) is 58.1 Å². The van der Waals surface area contributed by atoms with Crippen LogP contribution in [0.5, 0.6) is 0 Å². The Morgan fingerprint density at radius 2 is 1.93 bits per heavy atom. The third-order valence-corrected chi connectivity index (χ3v) is 5.27. The number of nitrogens with one attached hydrogen (secondary N) is 1. The number of nitro groups is 1. The zero-order valence-corrected chi connectivity index (χ0v) is 17.2. The number of carbonyl (C=O) groups is 1. The number of methoxy groups -OCH3 is 1. The van der Waals surface area contributed by atoms with E-state index in [4.69, 9.17) is 4.74 Å². The lowest BCUT2D eigenvalue weighted by atomic mass is 9.82. The van der Waals surface area contributed by atoms with Gasteiger partial charge in [-0.3, -0.25) is 14.9 Å². The molecular weight excluding hydrogens is 362 g/mol. The number of likely N-dealkylation sites (N-methyl/N-ethyl adjacent to an activating group) is 2. The molecule has 1 fully saturated rings. The zero-order chi connectivity index (χ0) is 20.7. The average Bonchev–Trinajstić information content (AvgIpc) is 2.69. The fourth-order valence-electron chi connectivity index (χ4n) is 3.41. The first-order valence-corrected chi connectivity index (χ1v) is 9.64. The molecule has 1 aliphatic rings. The summed E-state index contributed by atoms with van der Waals surface area (Å²) in [6, 6.07) is 3.19. The number of rotatable bonds is 9. The molecule has 0 atom stereocenters. The van der Waals surface area contributed by atoms with Gasteiger partial charge in [0.1, 0.15) is 5.82 Å². The van der Waals surface area contributed by atoms with Crippen molar-refractivity contribution < 1.29 is 14.5 Å². The van der Waals surface area contributed by atoms with Crippen molar-refractivity contribution in [1.29, 1.82) is 0 Å². The van der Waals surface area contributed by atoms with E-state index in [-0.39, 0.29) is 17.6 Å². The van der Waals surface area contributed by atoms with Crippen LogP contribution in [0.25, 0.3) is 0 Å². The summed E-state index contributed by atoms with van der Waals surface area (Å²) < 4.78 is 4.82. The van der Waals surface area contributed by atoms with Crippen LogP contribution < -0.4 is 10.2 Å². The highest BCUT2D eigenvalue weighted by molar-refractivity contribution is 5.72. The number of esters is 1. The van der Waals surface area contributed by atoms with Gasteiger partial charge in [0, 0.05) is 32.7 Å². The van der Waals surface area contributed by atoms with Gasteiger partial charge in [-0.05, 0) is 51.8 Å². The standard InChI is InChI=1S/C19H31N5O4/c1-22(2)11-12-23(3)17-10-9-16(24(26)27)18(21-17)20-13-14-5-7-15(8-6-14)19(25)28-4/h9-10,14-15H,5-8,11-13H2,1-4H3,(H,20,21). The number of aromatic nitrogens is 1. The fourth-order valence-corrected chi connectivity index (χ4v) is 3.41. The first-order chi connectivity index (χ1) is 13.3. The Bertz CT molecular complexity index is 674. The lowest BCUT2D eigenvalue weighted by molar-refractivity contribution is -0.384. The van der Waals surface area contributed by atoms with Crippen LogP contribution in [0.15, 0.2) is 12.1 Å². The highest BCUT2D eigenvalue weighted by Crippen LogP contribution is 2.31. The number of carbonyl (C=O) groups excluding carboxylic acids is 1. The van der Waals surface area contributed by atoms with Crippen LogP contribution in [0.3, 0.4) is 0 Å². The molecule has 9 heteroatoms.